The third kappa shape index (κ3) is 1.59. The molecule has 18 heavy (non-hydrogen) atoms. The van der Waals surface area contributed by atoms with Crippen LogP contribution in [0.3, 0.4) is 0 Å². The molecule has 0 radical (unpaired) electrons. The summed E-state index contributed by atoms with van der Waals surface area (Å²) in [5, 5.41) is 10.0. The van der Waals surface area contributed by atoms with E-state index in [2.05, 4.69) is 0 Å². The predicted molar refractivity (Wildman–Crippen MR) is 66.7 cm³/mol. The van der Waals surface area contributed by atoms with Crippen LogP contribution in [-0.4, -0.2) is 19.3 Å². The number of fused-ring (bicyclic) bond motifs is 1. The van der Waals surface area contributed by atoms with E-state index in [1.165, 1.54) is 20.3 Å². The second-order valence-corrected chi connectivity index (χ2v) is 3.95. The fourth-order valence-electron chi connectivity index (χ4n) is 1.84. The van der Waals surface area contributed by atoms with Crippen molar-refractivity contribution < 1.29 is 19.0 Å². The molecule has 0 spiro atoms. The van der Waals surface area contributed by atoms with Gasteiger partial charge >= 0.3 is 0 Å². The van der Waals surface area contributed by atoms with Crippen molar-refractivity contribution in [3.05, 3.63) is 27.6 Å². The average Bonchev–Trinajstić information content (AvgIpc) is 2.35. The predicted octanol–water partition coefficient (Wildman–Crippen LogP) is 2.13. The number of benzene rings is 1. The number of methoxy groups -OCH3 is 2. The van der Waals surface area contributed by atoms with Gasteiger partial charge in [-0.15, -0.1) is 0 Å². The van der Waals surface area contributed by atoms with Gasteiger partial charge in [-0.25, -0.2) is 0 Å². The van der Waals surface area contributed by atoms with Gasteiger partial charge in [-0.2, -0.15) is 0 Å². The van der Waals surface area contributed by atoms with Crippen LogP contribution < -0.4 is 14.9 Å². The van der Waals surface area contributed by atoms with Gasteiger partial charge in [0.2, 0.25) is 5.75 Å². The van der Waals surface area contributed by atoms with E-state index in [-0.39, 0.29) is 22.1 Å². The second-order valence-electron chi connectivity index (χ2n) is 3.95. The highest BCUT2D eigenvalue weighted by Gasteiger charge is 2.20. The van der Waals surface area contributed by atoms with Crippen molar-refractivity contribution in [1.82, 2.24) is 0 Å². The molecule has 0 unspecified atom stereocenters. The van der Waals surface area contributed by atoms with Crippen molar-refractivity contribution in [3.63, 3.8) is 0 Å². The molecule has 1 heterocycles. The summed E-state index contributed by atoms with van der Waals surface area (Å²) in [6.45, 7) is 3.34. The van der Waals surface area contributed by atoms with Gasteiger partial charge in [0.25, 0.3) is 0 Å². The molecule has 0 bridgehead atoms. The molecule has 1 N–H and O–H groups in total. The lowest BCUT2D eigenvalue weighted by Crippen LogP contribution is -2.08. The van der Waals surface area contributed by atoms with E-state index in [1.54, 1.807) is 13.8 Å². The molecule has 5 nitrogen and oxygen atoms in total. The standard InChI is InChI=1S/C13H14O5/c1-6-7(2)18-13-10(11(6)15)8(14)5-9(16-3)12(13)17-4/h5,14H,1-4H3. The summed E-state index contributed by atoms with van der Waals surface area (Å²) in [4.78, 5) is 12.1. The van der Waals surface area contributed by atoms with Crippen LogP contribution in [0.2, 0.25) is 0 Å². The lowest BCUT2D eigenvalue weighted by atomic mass is 10.1. The maximum Gasteiger partial charge on any atom is 0.205 e. The highest BCUT2D eigenvalue weighted by molar-refractivity contribution is 5.91. The molecule has 1 aromatic heterocycles. The molecule has 5 heteroatoms. The molecule has 0 amide bonds. The minimum atomic E-state index is -0.271. The van der Waals surface area contributed by atoms with Crippen LogP contribution in [0.15, 0.2) is 15.3 Å². The summed E-state index contributed by atoms with van der Waals surface area (Å²) in [5.74, 6) is 0.914. The number of phenols is 1. The number of aryl methyl sites for hydroxylation is 1. The molecule has 0 aliphatic rings. The highest BCUT2D eigenvalue weighted by atomic mass is 16.5. The molecular weight excluding hydrogens is 236 g/mol. The molecule has 0 atom stereocenters. The summed E-state index contributed by atoms with van der Waals surface area (Å²) in [7, 11) is 2.89. The van der Waals surface area contributed by atoms with Crippen LogP contribution in [-0.2, 0) is 0 Å². The van der Waals surface area contributed by atoms with Crippen LogP contribution in [0.4, 0.5) is 0 Å². The largest absolute Gasteiger partial charge is 0.507 e. The zero-order chi connectivity index (χ0) is 13.4. The van der Waals surface area contributed by atoms with E-state index in [0.29, 0.717) is 22.8 Å². The average molecular weight is 250 g/mol. The van der Waals surface area contributed by atoms with E-state index in [9.17, 15) is 9.90 Å². The van der Waals surface area contributed by atoms with Crippen molar-refractivity contribution in [3.8, 4) is 17.2 Å². The van der Waals surface area contributed by atoms with E-state index >= 15 is 0 Å². The molecule has 0 aliphatic heterocycles. The lowest BCUT2D eigenvalue weighted by Gasteiger charge is -2.12. The van der Waals surface area contributed by atoms with Crippen molar-refractivity contribution in [2.75, 3.05) is 14.2 Å². The van der Waals surface area contributed by atoms with E-state index < -0.39 is 0 Å². The smallest absolute Gasteiger partial charge is 0.205 e. The minimum absolute atomic E-state index is 0.107. The van der Waals surface area contributed by atoms with Gasteiger partial charge in [0, 0.05) is 11.6 Å². The van der Waals surface area contributed by atoms with Crippen molar-refractivity contribution in [2.45, 2.75) is 13.8 Å². The van der Waals surface area contributed by atoms with Gasteiger partial charge < -0.3 is 19.0 Å². The highest BCUT2D eigenvalue weighted by Crippen LogP contribution is 2.40. The SMILES string of the molecule is COc1cc(O)c2c(=O)c(C)c(C)oc2c1OC. The Morgan fingerprint density at radius 3 is 2.44 bits per heavy atom. The number of ether oxygens (including phenoxy) is 2. The maximum absolute atomic E-state index is 12.1. The van der Waals surface area contributed by atoms with Crippen LogP contribution in [0.5, 0.6) is 17.2 Å². The molecule has 0 saturated carbocycles. The molecule has 2 rings (SSSR count). The van der Waals surface area contributed by atoms with Crippen LogP contribution in [0.25, 0.3) is 11.0 Å². The van der Waals surface area contributed by atoms with Gasteiger partial charge in [-0.05, 0) is 13.8 Å². The van der Waals surface area contributed by atoms with E-state index in [0.717, 1.165) is 0 Å². The number of rotatable bonds is 2. The maximum atomic E-state index is 12.1. The van der Waals surface area contributed by atoms with Crippen LogP contribution in [0, 0.1) is 13.8 Å². The number of aromatic hydroxyl groups is 1. The molecule has 1 aromatic carbocycles. The fraction of sp³-hybridized carbons (Fsp3) is 0.308. The molecule has 96 valence electrons. The van der Waals surface area contributed by atoms with Gasteiger partial charge in [0.1, 0.15) is 16.9 Å². The summed E-state index contributed by atoms with van der Waals surface area (Å²) in [6.07, 6.45) is 0. The first-order chi connectivity index (χ1) is 8.51. The topological polar surface area (TPSA) is 68.9 Å². The first-order valence-electron chi connectivity index (χ1n) is 5.39. The number of hydrogen-bond donors (Lipinski definition) is 1. The van der Waals surface area contributed by atoms with Gasteiger partial charge in [-0.1, -0.05) is 0 Å². The fourth-order valence-corrected chi connectivity index (χ4v) is 1.84. The first-order valence-corrected chi connectivity index (χ1v) is 5.39. The Kier molecular flexibility index (Phi) is 2.90. The quantitative estimate of drug-likeness (QED) is 0.884. The van der Waals surface area contributed by atoms with Gasteiger partial charge in [-0.3, -0.25) is 4.79 Å². The van der Waals surface area contributed by atoms with Gasteiger partial charge in [0.15, 0.2) is 16.8 Å². The molecular formula is C13H14O5. The molecule has 2 aromatic rings. The zero-order valence-corrected chi connectivity index (χ0v) is 10.7. The zero-order valence-electron chi connectivity index (χ0n) is 10.7. The Bertz CT molecular complexity index is 669. The van der Waals surface area contributed by atoms with E-state index in [1.807, 2.05) is 0 Å². The number of hydrogen-bond acceptors (Lipinski definition) is 5. The van der Waals surface area contributed by atoms with E-state index in [4.69, 9.17) is 13.9 Å². The Hall–Kier alpha value is -2.17. The number of phenolic OH excluding ortho intramolecular Hbond substituents is 1. The monoisotopic (exact) mass is 250 g/mol. The third-order valence-electron chi connectivity index (χ3n) is 2.96. The first kappa shape index (κ1) is 12.3. The summed E-state index contributed by atoms with van der Waals surface area (Å²) >= 11 is 0. The Labute approximate surface area is 104 Å². The summed E-state index contributed by atoms with van der Waals surface area (Å²) in [5.41, 5.74) is 0.389. The van der Waals surface area contributed by atoms with Crippen molar-refractivity contribution >= 4 is 11.0 Å². The van der Waals surface area contributed by atoms with Crippen molar-refractivity contribution in [1.29, 1.82) is 0 Å². The van der Waals surface area contributed by atoms with Gasteiger partial charge in [0.05, 0.1) is 14.2 Å². The summed E-state index contributed by atoms with van der Waals surface area (Å²) < 4.78 is 15.8. The Morgan fingerprint density at radius 2 is 1.89 bits per heavy atom. The molecule has 0 aliphatic carbocycles. The lowest BCUT2D eigenvalue weighted by molar-refractivity contribution is 0.349. The molecule has 0 saturated heterocycles. The second kappa shape index (κ2) is 4.25. The molecule has 0 fully saturated rings. The van der Waals surface area contributed by atoms with Crippen LogP contribution >= 0.6 is 0 Å². The normalized spacial score (nSPS) is 10.7. The van der Waals surface area contributed by atoms with Crippen LogP contribution in [0.1, 0.15) is 11.3 Å². The minimum Gasteiger partial charge on any atom is -0.507 e. The Balaban J connectivity index is 3.05. The van der Waals surface area contributed by atoms with Crippen molar-refractivity contribution in [2.24, 2.45) is 0 Å². The third-order valence-corrected chi connectivity index (χ3v) is 2.96. The summed E-state index contributed by atoms with van der Waals surface area (Å²) in [6, 6.07) is 1.34. The Morgan fingerprint density at radius 1 is 1.22 bits per heavy atom.